The molecule has 16 heteroatoms. The van der Waals surface area contributed by atoms with E-state index in [2.05, 4.69) is 9.44 Å². The van der Waals surface area contributed by atoms with Crippen LogP contribution in [0, 0.1) is 0 Å². The van der Waals surface area contributed by atoms with Crippen molar-refractivity contribution >= 4 is 27.2 Å². The zero-order valence-corrected chi connectivity index (χ0v) is 18.8. The molecule has 9 atom stereocenters. The molecule has 1 fully saturated rings. The summed E-state index contributed by atoms with van der Waals surface area (Å²) in [7, 11) is -4.97. The lowest BCUT2D eigenvalue weighted by Crippen LogP contribution is -2.57. The van der Waals surface area contributed by atoms with Crippen molar-refractivity contribution in [1.82, 2.24) is 0 Å². The lowest BCUT2D eigenvalue weighted by atomic mass is 9.98. The molecule has 1 saturated heterocycles. The smallest absolute Gasteiger partial charge is 0.394 e. The van der Waals surface area contributed by atoms with Gasteiger partial charge in [0.25, 0.3) is 0 Å². The quantitative estimate of drug-likeness (QED) is 0.0540. The van der Waals surface area contributed by atoms with Gasteiger partial charge in [0.2, 0.25) is 0 Å². The van der Waals surface area contributed by atoms with Gasteiger partial charge in [-0.05, 0) is 25.7 Å². The summed E-state index contributed by atoms with van der Waals surface area (Å²) in [5.41, 5.74) is -1.31. The molecular formula is C16H31NO13S2. The van der Waals surface area contributed by atoms with Crippen molar-refractivity contribution in [3.05, 3.63) is 0 Å². The summed E-state index contributed by atoms with van der Waals surface area (Å²) in [5, 5.41) is 81.3. The summed E-state index contributed by atoms with van der Waals surface area (Å²) < 4.78 is 39.6. The highest BCUT2D eigenvalue weighted by molar-refractivity contribution is 8.14. The minimum absolute atomic E-state index is 0.0330. The van der Waals surface area contributed by atoms with Gasteiger partial charge in [0.05, 0.1) is 18.8 Å². The molecule has 1 aliphatic heterocycles. The van der Waals surface area contributed by atoms with Gasteiger partial charge in [0, 0.05) is 0 Å². The fraction of sp³-hybridized carbons (Fsp3) is 0.938. The van der Waals surface area contributed by atoms with Crippen molar-refractivity contribution in [3.63, 3.8) is 0 Å². The van der Waals surface area contributed by atoms with E-state index in [9.17, 15) is 49.3 Å². The van der Waals surface area contributed by atoms with Crippen molar-refractivity contribution in [2.75, 3.05) is 6.61 Å². The van der Waals surface area contributed by atoms with Crippen molar-refractivity contribution < 1.29 is 62.8 Å². The Morgan fingerprint density at radius 2 is 1.66 bits per heavy atom. The molecule has 0 bridgehead atoms. The van der Waals surface area contributed by atoms with Crippen LogP contribution in [0.25, 0.3) is 0 Å². The second-order valence-electron chi connectivity index (χ2n) is 7.22. The zero-order chi connectivity index (χ0) is 24.6. The number of hydrogen-bond acceptors (Lipinski definition) is 14. The summed E-state index contributed by atoms with van der Waals surface area (Å²) in [6.45, 7) is 0.882. The van der Waals surface area contributed by atoms with Gasteiger partial charge in [-0.15, -0.1) is 0 Å². The fourth-order valence-corrected chi connectivity index (χ4v) is 4.18. The SMILES string of the molecule is CC[C@H](O)[C@H](O)[C@H](O)[C@@H](O)CCC/C(=N\OS(=O)(=O)O)S[C@H]1O[C@@H](CO)[C@H](O)[C@@H](O)[C@H]1O. The molecule has 32 heavy (non-hydrogen) atoms. The van der Waals surface area contributed by atoms with E-state index in [1.807, 2.05) is 0 Å². The first-order chi connectivity index (χ1) is 14.8. The number of ether oxygens (including phenoxy) is 1. The van der Waals surface area contributed by atoms with Crippen LogP contribution in [0.2, 0.25) is 0 Å². The fourth-order valence-electron chi connectivity index (χ4n) is 2.84. The Morgan fingerprint density at radius 1 is 1.06 bits per heavy atom. The van der Waals surface area contributed by atoms with E-state index in [1.54, 1.807) is 6.92 Å². The van der Waals surface area contributed by atoms with E-state index >= 15 is 0 Å². The van der Waals surface area contributed by atoms with E-state index in [4.69, 9.17) is 9.29 Å². The van der Waals surface area contributed by atoms with Crippen molar-refractivity contribution in [2.45, 2.75) is 86.9 Å². The van der Waals surface area contributed by atoms with Crippen molar-refractivity contribution in [1.29, 1.82) is 0 Å². The highest BCUT2D eigenvalue weighted by Gasteiger charge is 2.44. The third-order valence-electron chi connectivity index (χ3n) is 4.78. The minimum Gasteiger partial charge on any atom is -0.394 e. The van der Waals surface area contributed by atoms with E-state index in [0.717, 1.165) is 0 Å². The topological polar surface area (TPSA) is 247 Å². The van der Waals surface area contributed by atoms with Crippen LogP contribution in [0.15, 0.2) is 5.16 Å². The molecule has 1 rings (SSSR count). The third kappa shape index (κ3) is 8.96. The molecule has 1 aliphatic rings. The molecule has 0 aromatic carbocycles. The van der Waals surface area contributed by atoms with Gasteiger partial charge in [0.1, 0.15) is 47.1 Å². The van der Waals surface area contributed by atoms with E-state index in [-0.39, 0.29) is 30.7 Å². The minimum atomic E-state index is -4.97. The van der Waals surface area contributed by atoms with Gasteiger partial charge >= 0.3 is 10.4 Å². The largest absolute Gasteiger partial charge is 0.466 e. The number of rotatable bonds is 12. The van der Waals surface area contributed by atoms with Crippen LogP contribution in [-0.4, -0.2) is 120 Å². The van der Waals surface area contributed by atoms with Crippen LogP contribution in [0.4, 0.5) is 0 Å². The highest BCUT2D eigenvalue weighted by atomic mass is 32.3. The van der Waals surface area contributed by atoms with Crippen molar-refractivity contribution in [2.24, 2.45) is 5.16 Å². The monoisotopic (exact) mass is 509 g/mol. The Hall–Kier alpha value is -0.630. The van der Waals surface area contributed by atoms with Gasteiger partial charge in [-0.2, -0.15) is 8.42 Å². The van der Waals surface area contributed by atoms with Crippen LogP contribution >= 0.6 is 11.8 Å². The van der Waals surface area contributed by atoms with Crippen LogP contribution in [0.3, 0.4) is 0 Å². The maximum Gasteiger partial charge on any atom is 0.466 e. The Bertz CT molecular complexity index is 691. The van der Waals surface area contributed by atoms with Crippen LogP contribution in [0.5, 0.6) is 0 Å². The van der Waals surface area contributed by atoms with Crippen molar-refractivity contribution in [3.8, 4) is 0 Å². The predicted octanol–water partition coefficient (Wildman–Crippen LogP) is -3.32. The second kappa shape index (κ2) is 13.3. The van der Waals surface area contributed by atoms with E-state index < -0.39 is 71.3 Å². The lowest BCUT2D eigenvalue weighted by Gasteiger charge is -2.39. The molecule has 0 amide bonds. The molecule has 0 aliphatic carbocycles. The molecule has 190 valence electrons. The maximum atomic E-state index is 10.8. The summed E-state index contributed by atoms with van der Waals surface area (Å²) in [6.07, 6.45) is -12.2. The molecule has 0 aromatic rings. The van der Waals surface area contributed by atoms with Crippen LogP contribution in [-0.2, 0) is 19.4 Å². The summed E-state index contributed by atoms with van der Waals surface area (Å²) in [6, 6.07) is 0. The predicted molar refractivity (Wildman–Crippen MR) is 110 cm³/mol. The highest BCUT2D eigenvalue weighted by Crippen LogP contribution is 2.31. The molecule has 0 spiro atoms. The van der Waals surface area contributed by atoms with Gasteiger partial charge in [-0.25, -0.2) is 4.28 Å². The average molecular weight is 510 g/mol. The molecule has 0 aromatic heterocycles. The van der Waals surface area contributed by atoms with Gasteiger partial charge in [-0.1, -0.05) is 23.8 Å². The molecule has 0 radical (unpaired) electrons. The molecule has 0 saturated carbocycles. The number of aliphatic hydroxyl groups excluding tert-OH is 8. The number of aliphatic hydroxyl groups is 8. The molecule has 14 nitrogen and oxygen atoms in total. The standard InChI is InChI=1S/C16H31NO13S2/c1-2-7(19)11(21)12(22)8(20)4-3-5-10(17-30-32(26,27)28)31-16-15(25)14(24)13(23)9(6-18)29-16/h7-9,11-16,18-25H,2-6H2,1H3,(H,26,27,28)/b17-10+/t7-,8-,9-,11-,12+,13-,14+,15+,16+/m0/s1. The second-order valence-corrected chi connectivity index (χ2v) is 9.39. The number of thioether (sulfide) groups is 1. The Balaban J connectivity index is 2.81. The Labute approximate surface area is 189 Å². The molecular weight excluding hydrogens is 478 g/mol. The summed E-state index contributed by atoms with van der Waals surface area (Å²) in [5.74, 6) is 0. The first-order valence-electron chi connectivity index (χ1n) is 9.74. The Morgan fingerprint density at radius 3 is 2.19 bits per heavy atom. The van der Waals surface area contributed by atoms with Gasteiger partial charge in [-0.3, -0.25) is 4.55 Å². The molecule has 1 heterocycles. The van der Waals surface area contributed by atoms with Gasteiger partial charge in [0.15, 0.2) is 0 Å². The number of oxime groups is 1. The van der Waals surface area contributed by atoms with E-state index in [0.29, 0.717) is 11.8 Å². The summed E-state index contributed by atoms with van der Waals surface area (Å²) in [4.78, 5) is 0. The first kappa shape index (κ1) is 29.4. The molecule has 9 N–H and O–H groups in total. The zero-order valence-electron chi connectivity index (χ0n) is 17.2. The summed E-state index contributed by atoms with van der Waals surface area (Å²) >= 11 is 0.576. The number of nitrogens with zero attached hydrogens (tertiary/aromatic N) is 1. The van der Waals surface area contributed by atoms with E-state index in [1.165, 1.54) is 0 Å². The normalized spacial score (nSPS) is 31.1. The maximum absolute atomic E-state index is 10.8. The van der Waals surface area contributed by atoms with Crippen LogP contribution in [0.1, 0.15) is 32.6 Å². The molecule has 0 unspecified atom stereocenters. The van der Waals surface area contributed by atoms with Crippen LogP contribution < -0.4 is 0 Å². The average Bonchev–Trinajstić information content (AvgIpc) is 2.74. The Kier molecular flexibility index (Phi) is 12.2. The lowest BCUT2D eigenvalue weighted by molar-refractivity contribution is -0.205. The first-order valence-corrected chi connectivity index (χ1v) is 12.0. The third-order valence-corrected chi connectivity index (χ3v) is 6.22. The number of hydrogen-bond donors (Lipinski definition) is 9. The van der Waals surface area contributed by atoms with Gasteiger partial charge < -0.3 is 45.6 Å².